The minimum absolute atomic E-state index is 1.67. The molecule has 1 aliphatic heterocycles. The second kappa shape index (κ2) is 3.68. The molecule has 1 saturated heterocycles. The smallest absolute Gasteiger partial charge is 0.0127 e. The van der Waals surface area contributed by atoms with Crippen molar-refractivity contribution in [1.29, 1.82) is 0 Å². The van der Waals surface area contributed by atoms with Crippen molar-refractivity contribution in [3.8, 4) is 0 Å². The Bertz CT molecular complexity index is 19.4. The molecule has 1 heterocycles. The molecule has 1 nitrogen and oxygen atoms in total. The van der Waals surface area contributed by atoms with Crippen molar-refractivity contribution < 1.29 is 0 Å². The van der Waals surface area contributed by atoms with Gasteiger partial charge in [0.1, 0.15) is 0 Å². The van der Waals surface area contributed by atoms with Crippen molar-refractivity contribution in [2.24, 2.45) is 0 Å². The molecule has 36 valence electrons. The predicted molar refractivity (Wildman–Crippen MR) is 41.1 cm³/mol. The van der Waals surface area contributed by atoms with Crippen LogP contribution in [0.15, 0.2) is 0 Å². The van der Waals surface area contributed by atoms with E-state index in [2.05, 4.69) is 4.13 Å². The molecular weight excluding hydrogens is 174 g/mol. The van der Waals surface area contributed by atoms with E-state index in [4.69, 9.17) is 0 Å². The minimum atomic E-state index is 1.67. The average Bonchev–Trinajstić information content (AvgIpc) is 1.72. The largest absolute Gasteiger partial charge is 0.187 e. The topological polar surface area (TPSA) is 12.0 Å². The van der Waals surface area contributed by atoms with Crippen LogP contribution in [0.3, 0.4) is 0 Å². The first kappa shape index (κ1) is 5.84. The van der Waals surface area contributed by atoms with Gasteiger partial charge in [-0.3, -0.25) is 0 Å². The summed E-state index contributed by atoms with van der Waals surface area (Å²) < 4.78 is 3.02. The molecule has 6 heavy (non-hydrogen) atoms. The fraction of sp³-hybridized carbons (Fsp3) is 0. The van der Waals surface area contributed by atoms with E-state index in [1.807, 2.05) is 0 Å². The maximum absolute atomic E-state index is 3.02. The minimum Gasteiger partial charge on any atom is -0.187 e. The van der Waals surface area contributed by atoms with Gasteiger partial charge in [0.2, 0.25) is 0 Å². The Morgan fingerprint density at radius 1 is 0.833 bits per heavy atom. The zero-order valence-corrected chi connectivity index (χ0v) is 6.62. The van der Waals surface area contributed by atoms with Crippen molar-refractivity contribution in [3.05, 3.63) is 0 Å². The second-order valence-electron chi connectivity index (χ2n) is 0.454. The highest BCUT2D eigenvalue weighted by molar-refractivity contribution is 9.38. The molecule has 0 saturated carbocycles. The van der Waals surface area contributed by atoms with E-state index in [0.717, 1.165) is 0 Å². The van der Waals surface area contributed by atoms with Gasteiger partial charge in [-0.05, 0) is 0 Å². The lowest BCUT2D eigenvalue weighted by molar-refractivity contribution is 1.82. The summed E-state index contributed by atoms with van der Waals surface area (Å²) in [6.45, 7) is 0. The molecule has 0 aromatic carbocycles. The van der Waals surface area contributed by atoms with Gasteiger partial charge in [-0.1, -0.05) is 0 Å². The van der Waals surface area contributed by atoms with Crippen molar-refractivity contribution in [3.63, 3.8) is 0 Å². The zero-order chi connectivity index (χ0) is 4.24. The molecule has 0 radical (unpaired) electrons. The Morgan fingerprint density at radius 2 is 1.50 bits per heavy atom. The highest BCUT2D eigenvalue weighted by Crippen LogP contribution is 2.52. The lowest BCUT2D eigenvalue weighted by Gasteiger charge is -2.03. The first-order chi connectivity index (χ1) is 3.00. The molecule has 0 aromatic heterocycles. The fourth-order valence-corrected chi connectivity index (χ4v) is 8.38. The van der Waals surface area contributed by atoms with Gasteiger partial charge in [0, 0.05) is 51.4 Å². The van der Waals surface area contributed by atoms with Crippen LogP contribution in [0.2, 0.25) is 0 Å². The number of nitrogens with one attached hydrogen (secondary N) is 1. The van der Waals surface area contributed by atoms with Gasteiger partial charge < -0.3 is 0 Å². The molecule has 1 aliphatic rings. The van der Waals surface area contributed by atoms with E-state index in [1.165, 1.54) is 0 Å². The SMILES string of the molecule is N1SSSSS1. The molecule has 0 atom stereocenters. The third-order valence-corrected chi connectivity index (χ3v) is 8.17. The van der Waals surface area contributed by atoms with Crippen LogP contribution in [0.4, 0.5) is 0 Å². The fourth-order valence-electron chi connectivity index (χ4n) is 0.0808. The van der Waals surface area contributed by atoms with Gasteiger partial charge in [0.05, 0.1) is 0 Å². The van der Waals surface area contributed by atoms with Gasteiger partial charge in [0.25, 0.3) is 0 Å². The lowest BCUT2D eigenvalue weighted by Crippen LogP contribution is -1.80. The van der Waals surface area contributed by atoms with Crippen molar-refractivity contribution >= 4 is 51.4 Å². The van der Waals surface area contributed by atoms with Crippen LogP contribution in [0.5, 0.6) is 0 Å². The maximum atomic E-state index is 3.02. The van der Waals surface area contributed by atoms with E-state index < -0.39 is 0 Å². The monoisotopic (exact) mass is 175 g/mol. The van der Waals surface area contributed by atoms with Gasteiger partial charge in [-0.25, -0.2) is 0 Å². The third-order valence-electron chi connectivity index (χ3n) is 0.192. The Hall–Kier alpha value is 1.71. The predicted octanol–water partition coefficient (Wildman–Crippen LogP) is 2.75. The highest BCUT2D eigenvalue weighted by Gasteiger charge is 1.98. The Kier molecular flexibility index (Phi) is 3.58. The van der Waals surface area contributed by atoms with E-state index in [9.17, 15) is 0 Å². The van der Waals surface area contributed by atoms with Gasteiger partial charge in [-0.2, -0.15) is 4.13 Å². The van der Waals surface area contributed by atoms with Crippen LogP contribution < -0.4 is 4.13 Å². The number of hydrogen-bond acceptors (Lipinski definition) is 6. The molecule has 0 bridgehead atoms. The molecule has 0 amide bonds. The van der Waals surface area contributed by atoms with Gasteiger partial charge in [0.15, 0.2) is 0 Å². The summed E-state index contributed by atoms with van der Waals surface area (Å²) >= 11 is 0. The van der Waals surface area contributed by atoms with Gasteiger partial charge >= 0.3 is 0 Å². The standard InChI is InChI=1S/HNS5/c1-2-4-6-5-3-1/h1H. The summed E-state index contributed by atoms with van der Waals surface area (Å²) in [7, 11) is 8.64. The van der Waals surface area contributed by atoms with E-state index in [1.54, 1.807) is 51.4 Å². The van der Waals surface area contributed by atoms with Crippen LogP contribution in [0.1, 0.15) is 0 Å². The Morgan fingerprint density at radius 3 is 1.67 bits per heavy atom. The van der Waals surface area contributed by atoms with Crippen LogP contribution in [0, 0.1) is 0 Å². The summed E-state index contributed by atoms with van der Waals surface area (Å²) in [5, 5.41) is 0. The number of rotatable bonds is 0. The first-order valence-corrected chi connectivity index (χ1v) is 7.22. The summed E-state index contributed by atoms with van der Waals surface area (Å²) in [5.74, 6) is 0. The van der Waals surface area contributed by atoms with Crippen molar-refractivity contribution in [2.75, 3.05) is 0 Å². The molecule has 1 rings (SSSR count). The van der Waals surface area contributed by atoms with Crippen LogP contribution >= 0.6 is 51.4 Å². The number of hydrogen-bond donors (Lipinski definition) is 1. The van der Waals surface area contributed by atoms with E-state index >= 15 is 0 Å². The van der Waals surface area contributed by atoms with E-state index in [-0.39, 0.29) is 0 Å². The molecule has 0 spiro atoms. The molecular formula is HNS5. The van der Waals surface area contributed by atoms with E-state index in [0.29, 0.717) is 0 Å². The van der Waals surface area contributed by atoms with Crippen molar-refractivity contribution in [1.82, 2.24) is 4.13 Å². The molecule has 0 aromatic rings. The molecule has 0 aliphatic carbocycles. The zero-order valence-electron chi connectivity index (χ0n) is 2.54. The summed E-state index contributed by atoms with van der Waals surface area (Å²) in [5.41, 5.74) is 0. The maximum Gasteiger partial charge on any atom is 0.0127 e. The first-order valence-electron chi connectivity index (χ1n) is 1.07. The quantitative estimate of drug-likeness (QED) is 0.445. The van der Waals surface area contributed by atoms with Crippen molar-refractivity contribution in [2.45, 2.75) is 0 Å². The summed E-state index contributed by atoms with van der Waals surface area (Å²) in [6, 6.07) is 0. The highest BCUT2D eigenvalue weighted by atomic mass is 33.8. The van der Waals surface area contributed by atoms with Crippen LogP contribution in [0.25, 0.3) is 0 Å². The van der Waals surface area contributed by atoms with Crippen LogP contribution in [-0.4, -0.2) is 0 Å². The Balaban J connectivity index is 2.00. The third kappa shape index (κ3) is 2.13. The summed E-state index contributed by atoms with van der Waals surface area (Å²) in [6.07, 6.45) is 0. The molecule has 1 fully saturated rings. The Labute approximate surface area is 55.4 Å². The lowest BCUT2D eigenvalue weighted by atomic mass is 13.9. The normalized spacial score (nSPS) is 24.0. The van der Waals surface area contributed by atoms with Gasteiger partial charge in [-0.15, -0.1) is 0 Å². The molecule has 6 heteroatoms. The average molecular weight is 175 g/mol. The second-order valence-corrected chi connectivity index (χ2v) is 7.76. The molecule has 0 unspecified atom stereocenters. The molecule has 1 N–H and O–H groups in total. The summed E-state index contributed by atoms with van der Waals surface area (Å²) in [4.78, 5) is 0. The van der Waals surface area contributed by atoms with Crippen LogP contribution in [-0.2, 0) is 0 Å².